The first-order chi connectivity index (χ1) is 6.75. The molecule has 1 aliphatic carbocycles. The van der Waals surface area contributed by atoms with E-state index in [1.165, 1.54) is 29.7 Å². The van der Waals surface area contributed by atoms with Gasteiger partial charge in [0.1, 0.15) is 4.70 Å². The molecule has 2 aromatic rings. The highest BCUT2D eigenvalue weighted by atomic mass is 35.5. The summed E-state index contributed by atoms with van der Waals surface area (Å²) in [4.78, 5) is 14.3. The molecule has 4 heteroatoms. The molecule has 0 amide bonds. The number of thiophene rings is 1. The van der Waals surface area contributed by atoms with Gasteiger partial charge in [-0.05, 0) is 30.4 Å². The van der Waals surface area contributed by atoms with Crippen molar-refractivity contribution in [2.24, 2.45) is 0 Å². The molecule has 0 atom stereocenters. The number of hydrogen-bond donors (Lipinski definition) is 1. The Morgan fingerprint density at radius 3 is 3.00 bits per heavy atom. The molecule has 0 spiro atoms. The van der Waals surface area contributed by atoms with E-state index in [9.17, 15) is 4.79 Å². The summed E-state index contributed by atoms with van der Waals surface area (Å²) in [5, 5.41) is 1.05. The number of pyridine rings is 1. The molecule has 2 aromatic heterocycles. The van der Waals surface area contributed by atoms with E-state index in [0.29, 0.717) is 10.3 Å². The number of rotatable bonds is 1. The number of aromatic nitrogens is 1. The van der Waals surface area contributed by atoms with Crippen molar-refractivity contribution in [3.05, 3.63) is 32.5 Å². The quantitative estimate of drug-likeness (QED) is 0.795. The Balaban J connectivity index is 2.40. The van der Waals surface area contributed by atoms with Gasteiger partial charge in [0.25, 0.3) is 5.56 Å². The predicted molar refractivity (Wildman–Crippen MR) is 59.4 cm³/mol. The van der Waals surface area contributed by atoms with Gasteiger partial charge in [0.05, 0.1) is 4.34 Å². The normalized spacial score (nSPS) is 16.4. The number of aromatic amines is 1. The highest BCUT2D eigenvalue weighted by molar-refractivity contribution is 7.22. The second-order valence-corrected chi connectivity index (χ2v) is 5.32. The van der Waals surface area contributed by atoms with Gasteiger partial charge in [-0.3, -0.25) is 4.79 Å². The van der Waals surface area contributed by atoms with Crippen molar-refractivity contribution in [1.82, 2.24) is 4.98 Å². The van der Waals surface area contributed by atoms with Crippen molar-refractivity contribution in [2.45, 2.75) is 18.8 Å². The third-order valence-corrected chi connectivity index (χ3v) is 3.86. The first-order valence-electron chi connectivity index (χ1n) is 4.56. The Bertz CT molecular complexity index is 553. The number of fused-ring (bicyclic) bond motifs is 1. The zero-order valence-electron chi connectivity index (χ0n) is 7.34. The zero-order valence-corrected chi connectivity index (χ0v) is 8.91. The van der Waals surface area contributed by atoms with Crippen LogP contribution in [0.25, 0.3) is 10.1 Å². The van der Waals surface area contributed by atoms with Gasteiger partial charge in [-0.25, -0.2) is 0 Å². The van der Waals surface area contributed by atoms with Gasteiger partial charge in [0.15, 0.2) is 0 Å². The highest BCUT2D eigenvalue weighted by Crippen LogP contribution is 2.43. The molecule has 2 heterocycles. The molecule has 0 saturated heterocycles. The largest absolute Gasteiger partial charge is 0.328 e. The minimum atomic E-state index is -0.0266. The lowest BCUT2D eigenvalue weighted by Gasteiger charge is -1.98. The molecular weight excluding hydrogens is 218 g/mol. The third kappa shape index (κ3) is 1.20. The minimum absolute atomic E-state index is 0.0266. The van der Waals surface area contributed by atoms with Crippen molar-refractivity contribution < 1.29 is 0 Å². The van der Waals surface area contributed by atoms with Crippen molar-refractivity contribution >= 4 is 33.0 Å². The first kappa shape index (κ1) is 8.50. The van der Waals surface area contributed by atoms with Crippen LogP contribution < -0.4 is 5.56 Å². The van der Waals surface area contributed by atoms with Gasteiger partial charge < -0.3 is 4.98 Å². The fourth-order valence-electron chi connectivity index (χ4n) is 1.76. The number of nitrogens with one attached hydrogen (secondary N) is 1. The van der Waals surface area contributed by atoms with Crippen molar-refractivity contribution in [3.8, 4) is 0 Å². The maximum absolute atomic E-state index is 11.5. The Morgan fingerprint density at radius 1 is 1.50 bits per heavy atom. The average molecular weight is 226 g/mol. The molecule has 2 nitrogen and oxygen atoms in total. The molecule has 1 saturated carbocycles. The Morgan fingerprint density at radius 2 is 2.29 bits per heavy atom. The maximum Gasteiger partial charge on any atom is 0.265 e. The summed E-state index contributed by atoms with van der Waals surface area (Å²) in [6.45, 7) is 0. The van der Waals surface area contributed by atoms with E-state index < -0.39 is 0 Å². The Labute approximate surface area is 89.5 Å². The second kappa shape index (κ2) is 2.84. The topological polar surface area (TPSA) is 32.9 Å². The van der Waals surface area contributed by atoms with Crippen LogP contribution in [0.3, 0.4) is 0 Å². The van der Waals surface area contributed by atoms with Crippen LogP contribution in [0.15, 0.2) is 17.1 Å². The summed E-state index contributed by atoms with van der Waals surface area (Å²) < 4.78 is 1.46. The Hall–Kier alpha value is -0.800. The molecule has 1 aliphatic rings. The SMILES string of the molecule is O=c1[nH]cc(C2CC2)c2cc(Cl)sc12. The monoisotopic (exact) mass is 225 g/mol. The van der Waals surface area contributed by atoms with E-state index in [-0.39, 0.29) is 5.56 Å². The van der Waals surface area contributed by atoms with Gasteiger partial charge in [0.2, 0.25) is 0 Å². The molecule has 3 rings (SSSR count). The third-order valence-electron chi connectivity index (χ3n) is 2.60. The van der Waals surface area contributed by atoms with Gasteiger partial charge in [-0.2, -0.15) is 0 Å². The van der Waals surface area contributed by atoms with Gasteiger partial charge in [-0.15, -0.1) is 11.3 Å². The van der Waals surface area contributed by atoms with Crippen LogP contribution in [-0.4, -0.2) is 4.98 Å². The zero-order chi connectivity index (χ0) is 9.71. The molecular formula is C10H8ClNOS. The molecule has 0 bridgehead atoms. The van der Waals surface area contributed by atoms with Gasteiger partial charge in [0, 0.05) is 11.6 Å². The summed E-state index contributed by atoms with van der Waals surface area (Å²) in [5.74, 6) is 0.639. The standard InChI is InChI=1S/C10H8ClNOS/c11-8-3-6-7(5-1-2-5)4-12-10(13)9(6)14-8/h3-5H,1-2H2,(H,12,13). The number of hydrogen-bond acceptors (Lipinski definition) is 2. The molecule has 1 fully saturated rings. The van der Waals surface area contributed by atoms with Crippen molar-refractivity contribution in [3.63, 3.8) is 0 Å². The summed E-state index contributed by atoms with van der Waals surface area (Å²) in [7, 11) is 0. The van der Waals surface area contributed by atoms with E-state index in [2.05, 4.69) is 4.98 Å². The van der Waals surface area contributed by atoms with Crippen molar-refractivity contribution in [1.29, 1.82) is 0 Å². The van der Waals surface area contributed by atoms with Crippen LogP contribution >= 0.6 is 22.9 Å². The van der Waals surface area contributed by atoms with Crippen LogP contribution in [0.5, 0.6) is 0 Å². The summed E-state index contributed by atoms with van der Waals surface area (Å²) in [6, 6.07) is 1.91. The fourth-order valence-corrected chi connectivity index (χ4v) is 2.91. The second-order valence-electron chi connectivity index (χ2n) is 3.64. The number of halogens is 1. The first-order valence-corrected chi connectivity index (χ1v) is 5.76. The molecule has 1 N–H and O–H groups in total. The lowest BCUT2D eigenvalue weighted by atomic mass is 10.1. The Kier molecular flexibility index (Phi) is 1.73. The molecule has 0 aliphatic heterocycles. The summed E-state index contributed by atoms with van der Waals surface area (Å²) in [6.07, 6.45) is 4.30. The van der Waals surface area contributed by atoms with E-state index in [1.807, 2.05) is 12.3 Å². The smallest absolute Gasteiger partial charge is 0.265 e. The van der Waals surface area contributed by atoms with E-state index >= 15 is 0 Å². The van der Waals surface area contributed by atoms with Gasteiger partial charge >= 0.3 is 0 Å². The lowest BCUT2D eigenvalue weighted by molar-refractivity contribution is 1.11. The van der Waals surface area contributed by atoms with E-state index in [0.717, 1.165) is 10.1 Å². The van der Waals surface area contributed by atoms with Crippen LogP contribution in [0, 0.1) is 0 Å². The van der Waals surface area contributed by atoms with E-state index in [4.69, 9.17) is 11.6 Å². The minimum Gasteiger partial charge on any atom is -0.328 e. The van der Waals surface area contributed by atoms with Crippen molar-refractivity contribution in [2.75, 3.05) is 0 Å². The lowest BCUT2D eigenvalue weighted by Crippen LogP contribution is -2.04. The van der Waals surface area contributed by atoms with E-state index in [1.54, 1.807) is 0 Å². The number of H-pyrrole nitrogens is 1. The highest BCUT2D eigenvalue weighted by Gasteiger charge is 2.26. The molecule has 0 radical (unpaired) electrons. The summed E-state index contributed by atoms with van der Waals surface area (Å²) >= 11 is 7.28. The van der Waals surface area contributed by atoms with Gasteiger partial charge in [-0.1, -0.05) is 11.6 Å². The molecule has 14 heavy (non-hydrogen) atoms. The van der Waals surface area contributed by atoms with Crippen LogP contribution in [0.2, 0.25) is 4.34 Å². The molecule has 0 aromatic carbocycles. The molecule has 72 valence electrons. The van der Waals surface area contributed by atoms with Crippen LogP contribution in [0.4, 0.5) is 0 Å². The predicted octanol–water partition coefficient (Wildman–Crippen LogP) is 3.12. The van der Waals surface area contributed by atoms with Crippen LogP contribution in [0.1, 0.15) is 24.3 Å². The average Bonchev–Trinajstić information content (AvgIpc) is 2.89. The molecule has 0 unspecified atom stereocenters. The maximum atomic E-state index is 11.5. The summed E-state index contributed by atoms with van der Waals surface area (Å²) in [5.41, 5.74) is 1.23. The van der Waals surface area contributed by atoms with Crippen LogP contribution in [-0.2, 0) is 0 Å². The fraction of sp³-hybridized carbons (Fsp3) is 0.300.